The third-order valence-corrected chi connectivity index (χ3v) is 6.13. The average Bonchev–Trinajstić information content (AvgIpc) is 2.89. The summed E-state index contributed by atoms with van der Waals surface area (Å²) in [5.41, 5.74) is 1.62. The Labute approximate surface area is 209 Å². The molecule has 1 aliphatic rings. The molecule has 1 heterocycles. The lowest BCUT2D eigenvalue weighted by molar-refractivity contribution is -0.123. The van der Waals surface area contributed by atoms with Crippen LogP contribution < -0.4 is 15.5 Å². The predicted molar refractivity (Wildman–Crippen MR) is 135 cm³/mol. The minimum absolute atomic E-state index is 0.0291. The molecule has 1 atom stereocenters. The second-order valence-electron chi connectivity index (χ2n) is 8.83. The number of rotatable bonds is 7. The number of carbonyl (C=O) groups is 3. The number of phenolic OH excluding ortho intramolecular Hbond substituents is 1. The van der Waals surface area contributed by atoms with Crippen molar-refractivity contribution in [1.82, 2.24) is 15.3 Å². The zero-order valence-electron chi connectivity index (χ0n) is 20.1. The van der Waals surface area contributed by atoms with Gasteiger partial charge in [0, 0.05) is 36.7 Å². The Morgan fingerprint density at radius 1 is 0.972 bits per heavy atom. The van der Waals surface area contributed by atoms with E-state index < -0.39 is 11.9 Å². The number of aromatic hydroxyl groups is 1. The predicted octanol–water partition coefficient (Wildman–Crippen LogP) is 3.98. The number of aromatic nitrogens is 2. The zero-order chi connectivity index (χ0) is 25.5. The lowest BCUT2D eigenvalue weighted by atomic mass is 9.94. The quantitative estimate of drug-likeness (QED) is 0.463. The number of nitrogens with one attached hydrogen (secondary N) is 2. The van der Waals surface area contributed by atoms with E-state index in [0.717, 1.165) is 32.1 Å². The number of hydrogen-bond acceptors (Lipinski definition) is 6. The van der Waals surface area contributed by atoms with E-state index in [-0.39, 0.29) is 29.3 Å². The summed E-state index contributed by atoms with van der Waals surface area (Å²) >= 11 is 0. The van der Waals surface area contributed by atoms with Gasteiger partial charge in [0.25, 0.3) is 5.91 Å². The van der Waals surface area contributed by atoms with Gasteiger partial charge in [-0.25, -0.2) is 4.98 Å². The summed E-state index contributed by atoms with van der Waals surface area (Å²) in [5, 5.41) is 15.7. The molecule has 0 unspecified atom stereocenters. The summed E-state index contributed by atoms with van der Waals surface area (Å²) < 4.78 is 0. The molecule has 0 bridgehead atoms. The Morgan fingerprint density at radius 3 is 2.28 bits per heavy atom. The highest BCUT2D eigenvalue weighted by Gasteiger charge is 2.35. The van der Waals surface area contributed by atoms with Gasteiger partial charge in [-0.1, -0.05) is 31.4 Å². The number of carbonyl (C=O) groups excluding carboxylic acids is 3. The van der Waals surface area contributed by atoms with Crippen molar-refractivity contribution in [3.63, 3.8) is 0 Å². The monoisotopic (exact) mass is 487 g/mol. The van der Waals surface area contributed by atoms with Gasteiger partial charge in [0.15, 0.2) is 0 Å². The first-order valence-corrected chi connectivity index (χ1v) is 12.0. The highest BCUT2D eigenvalue weighted by Crippen LogP contribution is 2.32. The number of amides is 3. The van der Waals surface area contributed by atoms with Crippen molar-refractivity contribution in [2.45, 2.75) is 51.1 Å². The number of hydrogen-bond donors (Lipinski definition) is 3. The standard InChI is InChI=1S/C27H29N5O4/c1-18(33)30-21-9-11-22(12-10-21)32(27(36)24-17-28-15-16-29-24)25(19-7-13-23(34)14-8-19)26(35)31-20-5-3-2-4-6-20/h7-17,20,25,34H,2-6H2,1H3,(H,30,33)(H,31,35)/t25-/m1/s1. The van der Waals surface area contributed by atoms with Gasteiger partial charge in [-0.2, -0.15) is 0 Å². The molecule has 1 fully saturated rings. The molecule has 186 valence electrons. The minimum atomic E-state index is -1.03. The maximum absolute atomic E-state index is 13.8. The van der Waals surface area contributed by atoms with Crippen molar-refractivity contribution in [3.8, 4) is 5.75 Å². The van der Waals surface area contributed by atoms with Gasteiger partial charge in [-0.05, 0) is 54.8 Å². The normalized spacial score (nSPS) is 14.5. The maximum Gasteiger partial charge on any atom is 0.279 e. The molecule has 3 amide bonds. The van der Waals surface area contributed by atoms with Crippen molar-refractivity contribution in [2.24, 2.45) is 0 Å². The van der Waals surface area contributed by atoms with Gasteiger partial charge in [-0.3, -0.25) is 24.3 Å². The van der Waals surface area contributed by atoms with Gasteiger partial charge >= 0.3 is 0 Å². The number of anilines is 2. The van der Waals surface area contributed by atoms with Crippen LogP contribution in [0, 0.1) is 0 Å². The van der Waals surface area contributed by atoms with Crippen LogP contribution in [0.25, 0.3) is 0 Å². The van der Waals surface area contributed by atoms with E-state index >= 15 is 0 Å². The van der Waals surface area contributed by atoms with Crippen LogP contribution in [-0.4, -0.2) is 38.8 Å². The lowest BCUT2D eigenvalue weighted by Crippen LogP contribution is -2.47. The molecular formula is C27H29N5O4. The maximum atomic E-state index is 13.8. The van der Waals surface area contributed by atoms with E-state index in [2.05, 4.69) is 20.6 Å². The fraction of sp³-hybridized carbons (Fsp3) is 0.296. The smallest absolute Gasteiger partial charge is 0.279 e. The molecule has 1 saturated carbocycles. The molecule has 2 aromatic carbocycles. The Kier molecular flexibility index (Phi) is 7.89. The Bertz CT molecular complexity index is 1190. The molecule has 3 N–H and O–H groups in total. The fourth-order valence-electron chi connectivity index (χ4n) is 4.43. The van der Waals surface area contributed by atoms with E-state index in [1.54, 1.807) is 36.4 Å². The summed E-state index contributed by atoms with van der Waals surface area (Å²) in [4.78, 5) is 48.6. The molecular weight excluding hydrogens is 458 g/mol. The van der Waals surface area contributed by atoms with Crippen molar-refractivity contribution >= 4 is 29.1 Å². The Balaban J connectivity index is 1.78. The van der Waals surface area contributed by atoms with Crippen LogP contribution >= 0.6 is 0 Å². The summed E-state index contributed by atoms with van der Waals surface area (Å²) in [6, 6.07) is 11.9. The molecule has 0 spiro atoms. The van der Waals surface area contributed by atoms with E-state index in [1.165, 1.54) is 42.5 Å². The van der Waals surface area contributed by atoms with Gasteiger partial charge in [-0.15, -0.1) is 0 Å². The van der Waals surface area contributed by atoms with Gasteiger partial charge in [0.05, 0.1) is 6.20 Å². The highest BCUT2D eigenvalue weighted by molar-refractivity contribution is 6.09. The molecule has 9 heteroatoms. The number of benzene rings is 2. The van der Waals surface area contributed by atoms with Gasteiger partial charge in [0.2, 0.25) is 11.8 Å². The zero-order valence-corrected chi connectivity index (χ0v) is 20.1. The number of nitrogens with zero attached hydrogens (tertiary/aromatic N) is 3. The minimum Gasteiger partial charge on any atom is -0.508 e. The second-order valence-corrected chi connectivity index (χ2v) is 8.83. The molecule has 3 aromatic rings. The van der Waals surface area contributed by atoms with Crippen LogP contribution in [0.1, 0.15) is 61.1 Å². The van der Waals surface area contributed by atoms with Crippen molar-refractivity contribution in [3.05, 3.63) is 78.4 Å². The molecule has 36 heavy (non-hydrogen) atoms. The first kappa shape index (κ1) is 24.8. The van der Waals surface area contributed by atoms with E-state index in [4.69, 9.17) is 0 Å². The van der Waals surface area contributed by atoms with E-state index in [1.807, 2.05) is 0 Å². The first-order valence-electron chi connectivity index (χ1n) is 12.0. The SMILES string of the molecule is CC(=O)Nc1ccc(N(C(=O)c2cnccn2)[C@@H](C(=O)NC2CCCCC2)c2ccc(O)cc2)cc1. The van der Waals surface area contributed by atoms with Crippen LogP contribution in [0.4, 0.5) is 11.4 Å². The largest absolute Gasteiger partial charge is 0.508 e. The fourth-order valence-corrected chi connectivity index (χ4v) is 4.43. The van der Waals surface area contributed by atoms with Crippen LogP contribution in [0.3, 0.4) is 0 Å². The summed E-state index contributed by atoms with van der Waals surface area (Å²) in [6.07, 6.45) is 9.25. The molecule has 4 rings (SSSR count). The number of phenols is 1. The van der Waals surface area contributed by atoms with Crippen molar-refractivity contribution in [2.75, 3.05) is 10.2 Å². The first-order chi connectivity index (χ1) is 17.4. The summed E-state index contributed by atoms with van der Waals surface area (Å²) in [6.45, 7) is 1.41. The molecule has 9 nitrogen and oxygen atoms in total. The second kappa shape index (κ2) is 11.4. The molecule has 0 saturated heterocycles. The third kappa shape index (κ3) is 6.04. The van der Waals surface area contributed by atoms with Crippen LogP contribution in [0.2, 0.25) is 0 Å². The summed E-state index contributed by atoms with van der Waals surface area (Å²) in [7, 11) is 0. The molecule has 1 aromatic heterocycles. The van der Waals surface area contributed by atoms with Crippen molar-refractivity contribution < 1.29 is 19.5 Å². The molecule has 0 radical (unpaired) electrons. The van der Waals surface area contributed by atoms with Crippen LogP contribution in [-0.2, 0) is 9.59 Å². The topological polar surface area (TPSA) is 125 Å². The van der Waals surface area contributed by atoms with Crippen LogP contribution in [0.5, 0.6) is 5.75 Å². The van der Waals surface area contributed by atoms with E-state index in [0.29, 0.717) is 16.9 Å². The van der Waals surface area contributed by atoms with Gasteiger partial charge < -0.3 is 15.7 Å². The van der Waals surface area contributed by atoms with E-state index in [9.17, 15) is 19.5 Å². The Morgan fingerprint density at radius 2 is 1.67 bits per heavy atom. The van der Waals surface area contributed by atoms with Crippen LogP contribution in [0.15, 0.2) is 67.1 Å². The average molecular weight is 488 g/mol. The third-order valence-electron chi connectivity index (χ3n) is 6.13. The highest BCUT2D eigenvalue weighted by atomic mass is 16.3. The molecule has 1 aliphatic carbocycles. The summed E-state index contributed by atoms with van der Waals surface area (Å²) in [5.74, 6) is -0.997. The molecule has 0 aliphatic heterocycles. The van der Waals surface area contributed by atoms with Gasteiger partial charge in [0.1, 0.15) is 17.5 Å². The van der Waals surface area contributed by atoms with Crippen molar-refractivity contribution in [1.29, 1.82) is 0 Å². The Hall–Kier alpha value is -4.27. The lowest BCUT2D eigenvalue weighted by Gasteiger charge is -2.33.